The molecule has 5 heteroatoms. The first kappa shape index (κ1) is 11.9. The fourth-order valence-electron chi connectivity index (χ4n) is 1.78. The van der Waals surface area contributed by atoms with E-state index >= 15 is 0 Å². The zero-order valence-electron chi connectivity index (χ0n) is 9.55. The molecular formula is C12H15NO4. The van der Waals surface area contributed by atoms with Crippen LogP contribution in [0.4, 0.5) is 0 Å². The van der Waals surface area contributed by atoms with E-state index in [4.69, 9.17) is 4.74 Å². The van der Waals surface area contributed by atoms with Crippen molar-refractivity contribution in [2.45, 2.75) is 12.1 Å². The first-order valence-electron chi connectivity index (χ1n) is 5.42. The number of carbonyl (C=O) groups excluding carboxylic acids is 1. The number of methoxy groups -OCH3 is 1. The highest BCUT2D eigenvalue weighted by Crippen LogP contribution is 2.20. The van der Waals surface area contributed by atoms with Crippen molar-refractivity contribution in [2.75, 3.05) is 20.3 Å². The maximum absolute atomic E-state index is 11.2. The van der Waals surface area contributed by atoms with E-state index < -0.39 is 6.10 Å². The number of rotatable bonds is 2. The minimum atomic E-state index is -0.534. The number of ether oxygens (including phenoxy) is 2. The summed E-state index contributed by atoms with van der Waals surface area (Å²) in [7, 11) is 1.34. The average Bonchev–Trinajstić information content (AvgIpc) is 2.39. The lowest BCUT2D eigenvalue weighted by Gasteiger charge is -2.29. The summed E-state index contributed by atoms with van der Waals surface area (Å²) in [6.07, 6.45) is -0.534. The van der Waals surface area contributed by atoms with Gasteiger partial charge in [-0.2, -0.15) is 0 Å². The van der Waals surface area contributed by atoms with Crippen LogP contribution in [0.3, 0.4) is 0 Å². The fourth-order valence-corrected chi connectivity index (χ4v) is 1.78. The number of phenolic OH excluding ortho intramolecular Hbond substituents is 1. The molecule has 2 rings (SSSR count). The van der Waals surface area contributed by atoms with Gasteiger partial charge in [0, 0.05) is 6.54 Å². The molecule has 17 heavy (non-hydrogen) atoms. The van der Waals surface area contributed by atoms with Crippen LogP contribution in [-0.2, 0) is 14.3 Å². The number of hydrogen-bond acceptors (Lipinski definition) is 5. The van der Waals surface area contributed by atoms with Crippen molar-refractivity contribution in [3.05, 3.63) is 29.8 Å². The standard InChI is InChI=1S/C12H15NO4/c1-16-12(15)11-6-13-10(7-17-11)8-2-4-9(14)5-3-8/h2-5,10-11,13-14H,6-7H2,1H3. The average molecular weight is 237 g/mol. The molecule has 2 N–H and O–H groups in total. The summed E-state index contributed by atoms with van der Waals surface area (Å²) < 4.78 is 10.0. The molecule has 0 spiro atoms. The summed E-state index contributed by atoms with van der Waals surface area (Å²) in [5.74, 6) is -0.125. The number of esters is 1. The normalized spacial score (nSPS) is 24.3. The van der Waals surface area contributed by atoms with Gasteiger partial charge in [-0.3, -0.25) is 0 Å². The van der Waals surface area contributed by atoms with Gasteiger partial charge < -0.3 is 19.9 Å². The smallest absolute Gasteiger partial charge is 0.336 e. The molecule has 1 aromatic rings. The van der Waals surface area contributed by atoms with Gasteiger partial charge in [-0.15, -0.1) is 0 Å². The highest BCUT2D eigenvalue weighted by molar-refractivity contribution is 5.74. The Labute approximate surface area is 99.3 Å². The van der Waals surface area contributed by atoms with Gasteiger partial charge in [-0.1, -0.05) is 12.1 Å². The van der Waals surface area contributed by atoms with Crippen LogP contribution in [0.15, 0.2) is 24.3 Å². The Kier molecular flexibility index (Phi) is 3.61. The summed E-state index contributed by atoms with van der Waals surface area (Å²) in [5.41, 5.74) is 1.02. The van der Waals surface area contributed by atoms with Crippen molar-refractivity contribution in [2.24, 2.45) is 0 Å². The zero-order chi connectivity index (χ0) is 12.3. The zero-order valence-corrected chi connectivity index (χ0v) is 9.55. The van der Waals surface area contributed by atoms with E-state index in [-0.39, 0.29) is 17.8 Å². The first-order valence-corrected chi connectivity index (χ1v) is 5.42. The third-order valence-corrected chi connectivity index (χ3v) is 2.77. The maximum Gasteiger partial charge on any atom is 0.336 e. The van der Waals surface area contributed by atoms with Crippen LogP contribution in [0.2, 0.25) is 0 Å². The Morgan fingerprint density at radius 2 is 2.18 bits per heavy atom. The molecule has 1 aromatic carbocycles. The Balaban J connectivity index is 1.95. The van der Waals surface area contributed by atoms with Crippen molar-refractivity contribution in [1.29, 1.82) is 0 Å². The van der Waals surface area contributed by atoms with Gasteiger partial charge in [-0.05, 0) is 17.7 Å². The van der Waals surface area contributed by atoms with E-state index in [9.17, 15) is 9.90 Å². The van der Waals surface area contributed by atoms with Crippen LogP contribution in [-0.4, -0.2) is 37.4 Å². The third-order valence-electron chi connectivity index (χ3n) is 2.77. The van der Waals surface area contributed by atoms with E-state index in [1.807, 2.05) is 12.1 Å². The lowest BCUT2D eigenvalue weighted by Crippen LogP contribution is -2.45. The second kappa shape index (κ2) is 5.16. The number of hydrogen-bond donors (Lipinski definition) is 2. The van der Waals surface area contributed by atoms with Gasteiger partial charge in [0.15, 0.2) is 6.10 Å². The second-order valence-electron chi connectivity index (χ2n) is 3.90. The van der Waals surface area contributed by atoms with Crippen LogP contribution in [0.5, 0.6) is 5.75 Å². The van der Waals surface area contributed by atoms with E-state index in [0.29, 0.717) is 13.2 Å². The van der Waals surface area contributed by atoms with Crippen molar-refractivity contribution in [3.8, 4) is 5.75 Å². The van der Waals surface area contributed by atoms with Gasteiger partial charge in [0.1, 0.15) is 5.75 Å². The number of benzene rings is 1. The molecule has 2 unspecified atom stereocenters. The minimum absolute atomic E-state index is 0.0384. The van der Waals surface area contributed by atoms with Crippen LogP contribution >= 0.6 is 0 Å². The number of aromatic hydroxyl groups is 1. The van der Waals surface area contributed by atoms with Crippen molar-refractivity contribution < 1.29 is 19.4 Å². The number of carbonyl (C=O) groups is 1. The molecule has 92 valence electrons. The maximum atomic E-state index is 11.2. The molecule has 1 fully saturated rings. The van der Waals surface area contributed by atoms with Crippen molar-refractivity contribution >= 4 is 5.97 Å². The predicted octanol–water partition coefficient (Wildman–Crippen LogP) is 0.595. The molecule has 5 nitrogen and oxygen atoms in total. The summed E-state index contributed by atoms with van der Waals surface area (Å²) in [6.45, 7) is 0.836. The van der Waals surface area contributed by atoms with E-state index in [1.165, 1.54) is 7.11 Å². The second-order valence-corrected chi connectivity index (χ2v) is 3.90. The van der Waals surface area contributed by atoms with Gasteiger partial charge in [-0.25, -0.2) is 4.79 Å². The summed E-state index contributed by atoms with van der Waals surface area (Å²) >= 11 is 0. The Morgan fingerprint density at radius 1 is 1.47 bits per heavy atom. The Hall–Kier alpha value is -1.59. The molecule has 1 aliphatic rings. The van der Waals surface area contributed by atoms with Crippen molar-refractivity contribution in [3.63, 3.8) is 0 Å². The summed E-state index contributed by atoms with van der Waals surface area (Å²) in [5, 5.41) is 12.4. The first-order chi connectivity index (χ1) is 8.20. The Bertz CT molecular complexity index is 382. The van der Waals surface area contributed by atoms with Gasteiger partial charge in [0.25, 0.3) is 0 Å². The molecule has 2 atom stereocenters. The molecule has 0 radical (unpaired) electrons. The van der Waals surface area contributed by atoms with Crippen LogP contribution < -0.4 is 5.32 Å². The molecule has 0 aliphatic carbocycles. The minimum Gasteiger partial charge on any atom is -0.508 e. The van der Waals surface area contributed by atoms with Gasteiger partial charge in [0.2, 0.25) is 0 Å². The molecule has 0 aromatic heterocycles. The van der Waals surface area contributed by atoms with E-state index in [0.717, 1.165) is 5.56 Å². The molecule has 1 aliphatic heterocycles. The number of morpholine rings is 1. The quantitative estimate of drug-likeness (QED) is 0.737. The highest BCUT2D eigenvalue weighted by atomic mass is 16.6. The molecule has 0 saturated carbocycles. The van der Waals surface area contributed by atoms with E-state index in [2.05, 4.69) is 10.1 Å². The Morgan fingerprint density at radius 3 is 2.71 bits per heavy atom. The van der Waals surface area contributed by atoms with Gasteiger partial charge >= 0.3 is 5.97 Å². The lowest BCUT2D eigenvalue weighted by atomic mass is 10.1. The van der Waals surface area contributed by atoms with E-state index in [1.54, 1.807) is 12.1 Å². The van der Waals surface area contributed by atoms with Crippen molar-refractivity contribution in [1.82, 2.24) is 5.32 Å². The fraction of sp³-hybridized carbons (Fsp3) is 0.417. The molecule has 0 amide bonds. The van der Waals surface area contributed by atoms with Gasteiger partial charge in [0.05, 0.1) is 19.8 Å². The molecule has 1 saturated heterocycles. The lowest BCUT2D eigenvalue weighted by molar-refractivity contribution is -0.156. The monoisotopic (exact) mass is 237 g/mol. The van der Waals surface area contributed by atoms with Crippen LogP contribution in [0.25, 0.3) is 0 Å². The van der Waals surface area contributed by atoms with Crippen LogP contribution in [0, 0.1) is 0 Å². The highest BCUT2D eigenvalue weighted by Gasteiger charge is 2.27. The molecular weight excluding hydrogens is 222 g/mol. The number of nitrogens with one attached hydrogen (secondary N) is 1. The topological polar surface area (TPSA) is 67.8 Å². The predicted molar refractivity (Wildman–Crippen MR) is 60.6 cm³/mol. The largest absolute Gasteiger partial charge is 0.508 e. The molecule has 1 heterocycles. The molecule has 0 bridgehead atoms. The third kappa shape index (κ3) is 2.75. The SMILES string of the molecule is COC(=O)C1CNC(c2ccc(O)cc2)CO1. The summed E-state index contributed by atoms with van der Waals surface area (Å²) in [4.78, 5) is 11.2. The van der Waals surface area contributed by atoms with Crippen LogP contribution in [0.1, 0.15) is 11.6 Å². The number of phenols is 1. The summed E-state index contributed by atoms with van der Waals surface area (Å²) in [6, 6.07) is 6.95.